The summed E-state index contributed by atoms with van der Waals surface area (Å²) < 4.78 is 0. The van der Waals surface area contributed by atoms with Crippen LogP contribution < -0.4 is 10.2 Å². The number of nitrogens with one attached hydrogen (secondary N) is 1. The van der Waals surface area contributed by atoms with Gasteiger partial charge in [0.05, 0.1) is 0 Å². The Balaban J connectivity index is 2.17. The summed E-state index contributed by atoms with van der Waals surface area (Å²) in [6, 6.07) is 2.75. The van der Waals surface area contributed by atoms with Crippen LogP contribution in [0.1, 0.15) is 52.3 Å². The second kappa shape index (κ2) is 6.91. The summed E-state index contributed by atoms with van der Waals surface area (Å²) in [5.74, 6) is 3.53. The molecule has 20 heavy (non-hydrogen) atoms. The fraction of sp³-hybridized carbons (Fsp3) is 0.750. The molecular formula is C16H28N4. The maximum absolute atomic E-state index is 4.66. The van der Waals surface area contributed by atoms with E-state index >= 15 is 0 Å². The second-order valence-electron chi connectivity index (χ2n) is 6.18. The van der Waals surface area contributed by atoms with Crippen molar-refractivity contribution in [2.24, 2.45) is 5.92 Å². The van der Waals surface area contributed by atoms with Crippen LogP contribution in [-0.4, -0.2) is 29.1 Å². The van der Waals surface area contributed by atoms with Crippen LogP contribution in [0.4, 0.5) is 11.6 Å². The van der Waals surface area contributed by atoms with Crippen molar-refractivity contribution < 1.29 is 0 Å². The number of piperidine rings is 1. The summed E-state index contributed by atoms with van der Waals surface area (Å²) in [5, 5.41) is 3.42. The molecule has 0 aliphatic carbocycles. The topological polar surface area (TPSA) is 41.0 Å². The van der Waals surface area contributed by atoms with Crippen molar-refractivity contribution >= 4 is 11.6 Å². The van der Waals surface area contributed by atoms with Gasteiger partial charge in [0.15, 0.2) is 0 Å². The number of aromatic nitrogens is 2. The average Bonchev–Trinajstić information content (AvgIpc) is 2.44. The number of hydrogen-bond acceptors (Lipinski definition) is 4. The molecule has 1 unspecified atom stereocenters. The molecule has 0 radical (unpaired) electrons. The lowest BCUT2D eigenvalue weighted by molar-refractivity contribution is 0.446. The van der Waals surface area contributed by atoms with E-state index in [4.69, 9.17) is 0 Å². The minimum Gasteiger partial charge on any atom is -0.370 e. The highest BCUT2D eigenvalue weighted by atomic mass is 15.2. The van der Waals surface area contributed by atoms with E-state index in [1.165, 1.54) is 25.7 Å². The maximum Gasteiger partial charge on any atom is 0.134 e. The monoisotopic (exact) mass is 276 g/mol. The van der Waals surface area contributed by atoms with Gasteiger partial charge in [-0.3, -0.25) is 0 Å². The molecule has 0 bridgehead atoms. The van der Waals surface area contributed by atoms with Crippen LogP contribution in [0.25, 0.3) is 0 Å². The molecule has 1 fully saturated rings. The lowest BCUT2D eigenvalue weighted by atomic mass is 10.00. The fourth-order valence-electron chi connectivity index (χ4n) is 2.82. The summed E-state index contributed by atoms with van der Waals surface area (Å²) in [4.78, 5) is 11.6. The predicted molar refractivity (Wildman–Crippen MR) is 85.4 cm³/mol. The van der Waals surface area contributed by atoms with Crippen LogP contribution in [-0.2, 0) is 0 Å². The zero-order chi connectivity index (χ0) is 14.5. The Morgan fingerprint density at radius 2 is 2.15 bits per heavy atom. The van der Waals surface area contributed by atoms with Crippen LogP contribution in [0.2, 0.25) is 0 Å². The Labute approximate surface area is 123 Å². The maximum atomic E-state index is 4.66. The lowest BCUT2D eigenvalue weighted by Crippen LogP contribution is -2.39. The Hall–Kier alpha value is -1.32. The lowest BCUT2D eigenvalue weighted by Gasteiger charge is -2.36. The quantitative estimate of drug-likeness (QED) is 0.891. The molecule has 1 aromatic rings. The molecular weight excluding hydrogens is 248 g/mol. The van der Waals surface area contributed by atoms with Gasteiger partial charge in [0, 0.05) is 25.2 Å². The van der Waals surface area contributed by atoms with Gasteiger partial charge in [-0.15, -0.1) is 0 Å². The summed E-state index contributed by atoms with van der Waals surface area (Å²) >= 11 is 0. The zero-order valence-electron chi connectivity index (χ0n) is 13.3. The molecule has 112 valence electrons. The van der Waals surface area contributed by atoms with E-state index in [2.05, 4.69) is 47.0 Å². The average molecular weight is 276 g/mol. The molecule has 1 aliphatic rings. The highest BCUT2D eigenvalue weighted by molar-refractivity contribution is 5.50. The van der Waals surface area contributed by atoms with Crippen LogP contribution in [0.3, 0.4) is 0 Å². The molecule has 0 aromatic carbocycles. The molecule has 4 nitrogen and oxygen atoms in total. The minimum absolute atomic E-state index is 0.618. The third kappa shape index (κ3) is 3.84. The van der Waals surface area contributed by atoms with Crippen LogP contribution in [0.15, 0.2) is 6.07 Å². The molecule has 0 amide bonds. The zero-order valence-corrected chi connectivity index (χ0v) is 13.3. The van der Waals surface area contributed by atoms with Gasteiger partial charge in [-0.1, -0.05) is 20.8 Å². The summed E-state index contributed by atoms with van der Waals surface area (Å²) in [7, 11) is 0. The molecule has 0 spiro atoms. The first-order valence-electron chi connectivity index (χ1n) is 7.96. The Morgan fingerprint density at radius 3 is 2.85 bits per heavy atom. The number of aryl methyl sites for hydroxylation is 1. The van der Waals surface area contributed by atoms with Crippen molar-refractivity contribution in [2.75, 3.05) is 23.3 Å². The third-order valence-electron chi connectivity index (χ3n) is 3.91. The molecule has 1 N–H and O–H groups in total. The second-order valence-corrected chi connectivity index (χ2v) is 6.18. The Bertz CT molecular complexity index is 430. The third-order valence-corrected chi connectivity index (χ3v) is 3.91. The van der Waals surface area contributed by atoms with Crippen LogP contribution >= 0.6 is 0 Å². The number of hydrogen-bond donors (Lipinski definition) is 1. The SMILES string of the molecule is CCC1CCCCN1c1cc(NCC(C)C)nc(C)n1. The van der Waals surface area contributed by atoms with Gasteiger partial charge in [-0.05, 0) is 38.5 Å². The van der Waals surface area contributed by atoms with Gasteiger partial charge in [0.2, 0.25) is 0 Å². The van der Waals surface area contributed by atoms with Gasteiger partial charge >= 0.3 is 0 Å². The highest BCUT2D eigenvalue weighted by Crippen LogP contribution is 2.26. The molecule has 1 aliphatic heterocycles. The van der Waals surface area contributed by atoms with Crippen LogP contribution in [0.5, 0.6) is 0 Å². The smallest absolute Gasteiger partial charge is 0.134 e. The van der Waals surface area contributed by atoms with Crippen molar-refractivity contribution in [3.8, 4) is 0 Å². The predicted octanol–water partition coefficient (Wildman–Crippen LogP) is 3.62. The molecule has 1 saturated heterocycles. The van der Waals surface area contributed by atoms with Gasteiger partial charge in [-0.2, -0.15) is 0 Å². The first-order chi connectivity index (χ1) is 9.60. The van der Waals surface area contributed by atoms with Gasteiger partial charge < -0.3 is 10.2 Å². The standard InChI is InChI=1S/C16H28N4/c1-5-14-8-6-7-9-20(14)16-10-15(17-11-12(2)3)18-13(4)19-16/h10,12,14H,5-9,11H2,1-4H3,(H,17,18,19). The van der Waals surface area contributed by atoms with E-state index < -0.39 is 0 Å². The largest absolute Gasteiger partial charge is 0.370 e. The minimum atomic E-state index is 0.618. The van der Waals surface area contributed by atoms with Gasteiger partial charge in [0.25, 0.3) is 0 Å². The Morgan fingerprint density at radius 1 is 1.35 bits per heavy atom. The first kappa shape index (κ1) is 15.1. The van der Waals surface area contributed by atoms with E-state index in [1.54, 1.807) is 0 Å². The van der Waals surface area contributed by atoms with E-state index in [0.29, 0.717) is 12.0 Å². The van der Waals surface area contributed by atoms with Crippen molar-refractivity contribution in [3.05, 3.63) is 11.9 Å². The number of rotatable bonds is 5. The highest BCUT2D eigenvalue weighted by Gasteiger charge is 2.22. The first-order valence-corrected chi connectivity index (χ1v) is 7.96. The van der Waals surface area contributed by atoms with Crippen molar-refractivity contribution in [1.82, 2.24) is 9.97 Å². The van der Waals surface area contributed by atoms with E-state index in [0.717, 1.165) is 30.5 Å². The normalized spacial score (nSPS) is 19.4. The summed E-state index contributed by atoms with van der Waals surface area (Å²) in [5.41, 5.74) is 0. The van der Waals surface area contributed by atoms with Crippen molar-refractivity contribution in [1.29, 1.82) is 0 Å². The number of anilines is 2. The van der Waals surface area contributed by atoms with Crippen LogP contribution in [0, 0.1) is 12.8 Å². The van der Waals surface area contributed by atoms with Crippen molar-refractivity contribution in [3.63, 3.8) is 0 Å². The van der Waals surface area contributed by atoms with E-state index in [1.807, 2.05) is 6.92 Å². The molecule has 1 atom stereocenters. The molecule has 2 heterocycles. The molecule has 4 heteroatoms. The molecule has 0 saturated carbocycles. The van der Waals surface area contributed by atoms with Gasteiger partial charge in [-0.25, -0.2) is 9.97 Å². The van der Waals surface area contributed by atoms with Gasteiger partial charge in [0.1, 0.15) is 17.5 Å². The summed E-state index contributed by atoms with van der Waals surface area (Å²) in [6.07, 6.45) is 5.10. The van der Waals surface area contributed by atoms with E-state index in [-0.39, 0.29) is 0 Å². The number of nitrogens with zero attached hydrogens (tertiary/aromatic N) is 3. The van der Waals surface area contributed by atoms with Crippen molar-refractivity contribution in [2.45, 2.75) is 59.4 Å². The summed E-state index contributed by atoms with van der Waals surface area (Å²) in [6.45, 7) is 10.7. The fourth-order valence-corrected chi connectivity index (χ4v) is 2.82. The molecule has 2 rings (SSSR count). The van der Waals surface area contributed by atoms with E-state index in [9.17, 15) is 0 Å². The molecule has 1 aromatic heterocycles. The Kier molecular flexibility index (Phi) is 5.21.